The van der Waals surface area contributed by atoms with Gasteiger partial charge in [0.2, 0.25) is 0 Å². The molecule has 0 aromatic carbocycles. The maximum Gasteiger partial charge on any atom is 0.485 e. The normalized spacial score (nSPS) is 26.8. The predicted octanol–water partition coefficient (Wildman–Crippen LogP) is -6.01. The number of carbonyl (C=O) groups is 2. The summed E-state index contributed by atoms with van der Waals surface area (Å²) in [6.45, 7) is 2.40. The van der Waals surface area contributed by atoms with E-state index in [0.717, 1.165) is 0 Å². The average Bonchev–Trinajstić information content (AvgIpc) is 3.44. The van der Waals surface area contributed by atoms with Crippen LogP contribution in [0.1, 0.15) is 33.2 Å². The summed E-state index contributed by atoms with van der Waals surface area (Å²) in [6, 6.07) is 6.22. The minimum Gasteiger partial charge on any atom is -1.00 e. The van der Waals surface area contributed by atoms with Crippen molar-refractivity contribution in [2.45, 2.75) is 54.6 Å². The molecular formula is C25H35ClF3N4O14PS. The molecule has 8 atom stereocenters. The zero-order chi connectivity index (χ0) is 36.8. The number of rotatable bonds is 8. The Morgan fingerprint density at radius 3 is 1.57 bits per heavy atom. The number of amides is 2. The van der Waals surface area contributed by atoms with Crippen LogP contribution in [0.3, 0.4) is 0 Å². The molecule has 0 spiro atoms. The molecule has 2 fully saturated rings. The van der Waals surface area contributed by atoms with Crippen LogP contribution in [0, 0.1) is 0 Å². The second-order valence-corrected chi connectivity index (χ2v) is 14.7. The first kappa shape index (κ1) is 44.2. The fourth-order valence-electron chi connectivity index (χ4n) is 4.09. The highest BCUT2D eigenvalue weighted by Gasteiger charge is 2.49. The summed E-state index contributed by atoms with van der Waals surface area (Å²) in [5, 5.41) is 48.5. The quantitative estimate of drug-likeness (QED) is 0.0570. The smallest absolute Gasteiger partial charge is 0.485 e. The highest BCUT2D eigenvalue weighted by molar-refractivity contribution is 7.86. The first-order chi connectivity index (χ1) is 22.0. The van der Waals surface area contributed by atoms with Crippen LogP contribution >= 0.6 is 7.37 Å². The summed E-state index contributed by atoms with van der Waals surface area (Å²) in [6.07, 6.45) is -2.19. The number of aromatic nitrogens is 2. The number of hydrogen-bond donors (Lipinski definition) is 7. The maximum absolute atomic E-state index is 11.6. The molecule has 18 nitrogen and oxygen atoms in total. The molecule has 9 N–H and O–H groups in total. The Labute approximate surface area is 283 Å². The summed E-state index contributed by atoms with van der Waals surface area (Å²) < 4.78 is 89.4. The Morgan fingerprint density at radius 2 is 1.27 bits per heavy atom. The van der Waals surface area contributed by atoms with Gasteiger partial charge >= 0.3 is 5.51 Å². The molecule has 0 bridgehead atoms. The van der Waals surface area contributed by atoms with E-state index in [1.807, 2.05) is 0 Å². The number of aliphatic hydroxyl groups is 5. The summed E-state index contributed by atoms with van der Waals surface area (Å²) in [4.78, 5) is 22.2. The first-order valence-corrected chi connectivity index (χ1v) is 17.4. The van der Waals surface area contributed by atoms with Gasteiger partial charge in [-0.1, -0.05) is 0 Å². The van der Waals surface area contributed by atoms with Crippen molar-refractivity contribution in [3.8, 4) is 0 Å². The molecule has 4 heterocycles. The molecule has 2 saturated heterocycles. The number of nitrogens with zero attached hydrogens (tertiary/aromatic N) is 2. The van der Waals surface area contributed by atoms with Crippen molar-refractivity contribution in [2.75, 3.05) is 26.5 Å². The van der Waals surface area contributed by atoms with Gasteiger partial charge in [0.1, 0.15) is 35.5 Å². The number of halogens is 4. The van der Waals surface area contributed by atoms with Crippen LogP contribution in [-0.4, -0.2) is 119 Å². The Bertz CT molecular complexity index is 1590. The average molecular weight is 771 g/mol. The minimum atomic E-state index is -6.09. The van der Waals surface area contributed by atoms with Gasteiger partial charge in [0.15, 0.2) is 54.5 Å². The molecule has 0 aliphatic carbocycles. The number of alkyl halides is 3. The third kappa shape index (κ3) is 12.5. The van der Waals surface area contributed by atoms with Crippen LogP contribution in [0.5, 0.6) is 0 Å². The van der Waals surface area contributed by atoms with E-state index in [0.29, 0.717) is 0 Å². The molecular weight excluding hydrogens is 736 g/mol. The van der Waals surface area contributed by atoms with Crippen LogP contribution in [0.4, 0.5) is 13.2 Å². The molecule has 49 heavy (non-hydrogen) atoms. The highest BCUT2D eigenvalue weighted by atomic mass is 35.5. The van der Waals surface area contributed by atoms with Gasteiger partial charge in [0, 0.05) is 25.5 Å². The van der Waals surface area contributed by atoms with Crippen LogP contribution in [0.15, 0.2) is 49.1 Å². The lowest BCUT2D eigenvalue weighted by Crippen LogP contribution is -3.00. The van der Waals surface area contributed by atoms with E-state index < -0.39 is 90.5 Å². The lowest BCUT2D eigenvalue weighted by atomic mass is 10.1. The SMILES string of the molecule is CP(C)(=O)OCC1OC([n+]2cccc(C(N)=O)c2)C(O)C1O.NC(=O)c1ccc[n+](C2OC(CO)C(O)C2O)c1.O=S(=O)([O-])C(F)(F)F.[Cl-]. The summed E-state index contributed by atoms with van der Waals surface area (Å²) >= 11 is 0. The topological polar surface area (TPSA) is 297 Å². The van der Waals surface area contributed by atoms with Crippen molar-refractivity contribution in [2.24, 2.45) is 11.5 Å². The Balaban J connectivity index is 0.000000401. The molecule has 2 aromatic heterocycles. The monoisotopic (exact) mass is 770 g/mol. The van der Waals surface area contributed by atoms with E-state index >= 15 is 0 Å². The first-order valence-electron chi connectivity index (χ1n) is 13.5. The van der Waals surface area contributed by atoms with Gasteiger partial charge in [-0.3, -0.25) is 14.2 Å². The molecule has 0 radical (unpaired) electrons. The third-order valence-corrected chi connectivity index (χ3v) is 7.83. The molecule has 278 valence electrons. The van der Waals surface area contributed by atoms with Gasteiger partial charge in [-0.2, -0.15) is 22.3 Å². The van der Waals surface area contributed by atoms with Gasteiger partial charge in [-0.05, 0) is 12.1 Å². The van der Waals surface area contributed by atoms with Gasteiger partial charge in [0.25, 0.3) is 24.3 Å². The molecule has 8 unspecified atom stereocenters. The third-order valence-electron chi connectivity index (χ3n) is 6.49. The molecule has 2 amide bonds. The molecule has 4 rings (SSSR count). The van der Waals surface area contributed by atoms with E-state index in [1.54, 1.807) is 24.5 Å². The van der Waals surface area contributed by atoms with Gasteiger partial charge in [0.05, 0.1) is 13.2 Å². The highest BCUT2D eigenvalue weighted by Crippen LogP contribution is 2.38. The van der Waals surface area contributed by atoms with E-state index in [-0.39, 0.29) is 30.1 Å². The molecule has 2 aromatic rings. The van der Waals surface area contributed by atoms with Gasteiger partial charge in [-0.25, -0.2) is 8.42 Å². The van der Waals surface area contributed by atoms with Crippen molar-refractivity contribution >= 4 is 29.3 Å². The van der Waals surface area contributed by atoms with Crippen molar-refractivity contribution in [3.63, 3.8) is 0 Å². The van der Waals surface area contributed by atoms with E-state index in [9.17, 15) is 47.8 Å². The largest absolute Gasteiger partial charge is 1.00 e. The van der Waals surface area contributed by atoms with Crippen LogP contribution in [0.2, 0.25) is 0 Å². The minimum absolute atomic E-state index is 0. The number of pyridine rings is 2. The van der Waals surface area contributed by atoms with Crippen molar-refractivity contribution in [1.82, 2.24) is 0 Å². The number of hydrogen-bond acceptors (Lipinski definition) is 14. The summed E-state index contributed by atoms with van der Waals surface area (Å²) in [5.74, 6) is -1.21. The van der Waals surface area contributed by atoms with Crippen LogP contribution in [0.25, 0.3) is 0 Å². The molecule has 2 aliphatic rings. The van der Waals surface area contributed by atoms with Crippen LogP contribution in [-0.2, 0) is 28.7 Å². The summed E-state index contributed by atoms with van der Waals surface area (Å²) in [7, 11) is -8.81. The van der Waals surface area contributed by atoms with Crippen LogP contribution < -0.4 is 33.0 Å². The molecule has 0 saturated carbocycles. The Kier molecular flexibility index (Phi) is 16.1. The fraction of sp³-hybridized carbons (Fsp3) is 0.520. The zero-order valence-electron chi connectivity index (χ0n) is 25.5. The summed E-state index contributed by atoms with van der Waals surface area (Å²) in [5.41, 5.74) is 5.22. The molecule has 2 aliphatic heterocycles. The van der Waals surface area contributed by atoms with Gasteiger partial charge < -0.3 is 68.0 Å². The van der Waals surface area contributed by atoms with Crippen molar-refractivity contribution < 1.29 is 101 Å². The second kappa shape index (κ2) is 17.9. The second-order valence-electron chi connectivity index (χ2n) is 10.5. The number of ether oxygens (including phenoxy) is 2. The number of primary amides is 2. The number of aliphatic hydroxyl groups excluding tert-OH is 5. The lowest BCUT2D eigenvalue weighted by Gasteiger charge is -2.15. The molecule has 24 heteroatoms. The fourth-order valence-corrected chi connectivity index (χ4v) is 4.59. The Morgan fingerprint density at radius 1 is 0.898 bits per heavy atom. The van der Waals surface area contributed by atoms with Crippen molar-refractivity contribution in [3.05, 3.63) is 60.2 Å². The maximum atomic E-state index is 11.6. The van der Waals surface area contributed by atoms with Crippen molar-refractivity contribution in [1.29, 1.82) is 0 Å². The number of nitrogens with two attached hydrogens (primary N) is 2. The van der Waals surface area contributed by atoms with E-state index in [2.05, 4.69) is 0 Å². The Hall–Kier alpha value is -2.86. The standard InChI is InChI=1S/C13H19N2O6P.C11H14N2O5.CHF3O3S.ClH/c1-22(2,19)20-7-9-10(16)11(17)13(21-9)15-5-3-4-8(6-15)12(14)18;12-10(17)6-2-1-3-13(4-6)11-9(16)8(15)7(5-14)18-11;2-1(3,4)8(5,6)7;/h3-6,9-11,13,16-17H,7H2,1-2H3,(H-,14,18);1-4,7-9,11,14-16H,5H2,(H-,12,17);(H,5,6,7);1H. The van der Waals surface area contributed by atoms with E-state index in [4.69, 9.17) is 43.5 Å². The van der Waals surface area contributed by atoms with E-state index in [1.165, 1.54) is 47.0 Å². The van der Waals surface area contributed by atoms with Gasteiger partial charge in [-0.15, -0.1) is 0 Å². The number of carbonyl (C=O) groups excluding carboxylic acids is 2. The lowest BCUT2D eigenvalue weighted by molar-refractivity contribution is -0.766. The predicted molar refractivity (Wildman–Crippen MR) is 150 cm³/mol. The zero-order valence-corrected chi connectivity index (χ0v) is 27.9.